The molecule has 7 heteroatoms. The van der Waals surface area contributed by atoms with E-state index in [1.807, 2.05) is 0 Å². The number of carbonyl (C=O) groups excluding carboxylic acids is 1. The van der Waals surface area contributed by atoms with Gasteiger partial charge in [0.05, 0.1) is 17.9 Å². The lowest BCUT2D eigenvalue weighted by atomic mass is 10.0. The van der Waals surface area contributed by atoms with Gasteiger partial charge in [0.25, 0.3) is 10.1 Å². The first-order chi connectivity index (χ1) is 25.3. The fraction of sp³-hybridized carbons (Fsp3) is 0.844. The van der Waals surface area contributed by atoms with E-state index in [1.54, 1.807) is 6.08 Å². The monoisotopic (exact) mass is 752 g/mol. The number of hydrogen-bond donors (Lipinski definition) is 3. The molecule has 2 unspecified atom stereocenters. The Morgan fingerprint density at radius 1 is 0.500 bits per heavy atom. The highest BCUT2D eigenvalue weighted by Gasteiger charge is 2.24. The molecule has 0 aliphatic rings. The smallest absolute Gasteiger partial charge is 0.267 e. The van der Waals surface area contributed by atoms with Gasteiger partial charge in [-0.1, -0.05) is 211 Å². The van der Waals surface area contributed by atoms with E-state index in [0.29, 0.717) is 6.42 Å². The van der Waals surface area contributed by atoms with Crippen molar-refractivity contribution in [1.82, 2.24) is 5.32 Å². The normalized spacial score (nSPS) is 13.5. The number of nitrogens with one attached hydrogen (secondary N) is 1. The van der Waals surface area contributed by atoms with Crippen LogP contribution in [-0.2, 0) is 14.9 Å². The van der Waals surface area contributed by atoms with Gasteiger partial charge >= 0.3 is 0 Å². The second-order valence-electron chi connectivity index (χ2n) is 15.3. The van der Waals surface area contributed by atoms with Crippen molar-refractivity contribution in [3.63, 3.8) is 0 Å². The van der Waals surface area contributed by atoms with Gasteiger partial charge in [0.2, 0.25) is 5.91 Å². The Labute approximate surface area is 323 Å². The molecule has 0 aliphatic carbocycles. The van der Waals surface area contributed by atoms with E-state index in [4.69, 9.17) is 0 Å². The first-order valence-corrected chi connectivity index (χ1v) is 23.8. The third-order valence-electron chi connectivity index (χ3n) is 10.0. The van der Waals surface area contributed by atoms with Crippen LogP contribution in [-0.4, -0.2) is 41.9 Å². The van der Waals surface area contributed by atoms with Crippen molar-refractivity contribution in [3.05, 3.63) is 36.5 Å². The maximum Gasteiger partial charge on any atom is 0.267 e. The third kappa shape index (κ3) is 39.8. The van der Waals surface area contributed by atoms with Crippen LogP contribution in [0.15, 0.2) is 36.5 Å². The van der Waals surface area contributed by atoms with Gasteiger partial charge in [0.15, 0.2) is 0 Å². The first-order valence-electron chi connectivity index (χ1n) is 22.2. The van der Waals surface area contributed by atoms with Crippen LogP contribution in [0.25, 0.3) is 0 Å². The number of rotatable bonds is 40. The van der Waals surface area contributed by atoms with E-state index in [2.05, 4.69) is 43.5 Å². The summed E-state index contributed by atoms with van der Waals surface area (Å²) >= 11 is 0. The quantitative estimate of drug-likeness (QED) is 0.0328. The van der Waals surface area contributed by atoms with Crippen LogP contribution in [0.3, 0.4) is 0 Å². The summed E-state index contributed by atoms with van der Waals surface area (Å²) in [5.74, 6) is -1.00. The Kier molecular flexibility index (Phi) is 38.2. The molecule has 0 spiro atoms. The van der Waals surface area contributed by atoms with Gasteiger partial charge in [-0.05, 0) is 44.9 Å². The second kappa shape index (κ2) is 39.3. The predicted octanol–water partition coefficient (Wildman–Crippen LogP) is 13.3. The predicted molar refractivity (Wildman–Crippen MR) is 225 cm³/mol. The fourth-order valence-corrected chi connectivity index (χ4v) is 7.45. The van der Waals surface area contributed by atoms with Crippen molar-refractivity contribution in [2.45, 2.75) is 238 Å². The van der Waals surface area contributed by atoms with Gasteiger partial charge in [0, 0.05) is 6.42 Å². The summed E-state index contributed by atoms with van der Waals surface area (Å²) in [6, 6.07) is -1.08. The average Bonchev–Trinajstić information content (AvgIpc) is 3.11. The van der Waals surface area contributed by atoms with Crippen molar-refractivity contribution in [2.75, 3.05) is 5.75 Å². The molecule has 3 N–H and O–H groups in total. The number of hydrogen-bond acceptors (Lipinski definition) is 4. The highest BCUT2D eigenvalue weighted by Crippen LogP contribution is 2.16. The number of unbranched alkanes of at least 4 members (excludes halogenated alkanes) is 28. The largest absolute Gasteiger partial charge is 0.387 e. The highest BCUT2D eigenvalue weighted by atomic mass is 32.2. The third-order valence-corrected chi connectivity index (χ3v) is 10.8. The zero-order valence-electron chi connectivity index (χ0n) is 34.2. The zero-order chi connectivity index (χ0) is 38.2. The lowest BCUT2D eigenvalue weighted by Gasteiger charge is -2.21. The van der Waals surface area contributed by atoms with E-state index in [9.17, 15) is 22.9 Å². The van der Waals surface area contributed by atoms with E-state index >= 15 is 0 Å². The topological polar surface area (TPSA) is 104 Å². The summed E-state index contributed by atoms with van der Waals surface area (Å²) in [6.07, 6.45) is 51.5. The minimum Gasteiger partial charge on any atom is -0.387 e. The zero-order valence-corrected chi connectivity index (χ0v) is 35.0. The molecule has 52 heavy (non-hydrogen) atoms. The molecular formula is C45H85NO5S. The van der Waals surface area contributed by atoms with Crippen LogP contribution in [0.2, 0.25) is 0 Å². The van der Waals surface area contributed by atoms with Crippen LogP contribution >= 0.6 is 0 Å². The summed E-state index contributed by atoms with van der Waals surface area (Å²) in [5, 5.41) is 13.2. The lowest BCUT2D eigenvalue weighted by molar-refractivity contribution is -0.122. The minimum absolute atomic E-state index is 0.288. The molecule has 6 nitrogen and oxygen atoms in total. The molecule has 0 aromatic rings. The van der Waals surface area contributed by atoms with Crippen molar-refractivity contribution in [1.29, 1.82) is 0 Å². The summed E-state index contributed by atoms with van der Waals surface area (Å²) in [6.45, 7) is 4.51. The molecule has 2 atom stereocenters. The SMILES string of the molecule is CCCCCC/C=C/CC/C=C/CC/C=C/C(O)C(CS(=O)(=O)O)NC(=O)CCCCCCCCCCCCCCCCCCCCCCCCC. The maximum absolute atomic E-state index is 12.5. The van der Waals surface area contributed by atoms with Gasteiger partial charge in [-0.25, -0.2) is 0 Å². The Morgan fingerprint density at radius 2 is 0.827 bits per heavy atom. The van der Waals surface area contributed by atoms with Crippen molar-refractivity contribution in [3.8, 4) is 0 Å². The summed E-state index contributed by atoms with van der Waals surface area (Å²) < 4.78 is 32.5. The van der Waals surface area contributed by atoms with Crippen molar-refractivity contribution < 1.29 is 22.9 Å². The van der Waals surface area contributed by atoms with Crippen molar-refractivity contribution in [2.24, 2.45) is 0 Å². The molecule has 0 saturated carbocycles. The van der Waals surface area contributed by atoms with Gasteiger partial charge in [-0.3, -0.25) is 9.35 Å². The van der Waals surface area contributed by atoms with Gasteiger partial charge in [-0.2, -0.15) is 8.42 Å². The molecule has 306 valence electrons. The van der Waals surface area contributed by atoms with Crippen molar-refractivity contribution >= 4 is 16.0 Å². The highest BCUT2D eigenvalue weighted by molar-refractivity contribution is 7.85. The Bertz CT molecular complexity index is 961. The van der Waals surface area contributed by atoms with Crippen LogP contribution in [0, 0.1) is 0 Å². The molecule has 0 bridgehead atoms. The van der Waals surface area contributed by atoms with Gasteiger partial charge < -0.3 is 10.4 Å². The van der Waals surface area contributed by atoms with Gasteiger partial charge in [-0.15, -0.1) is 0 Å². The number of carbonyl (C=O) groups is 1. The molecule has 0 saturated heterocycles. The maximum atomic E-state index is 12.5. The molecule has 1 amide bonds. The lowest BCUT2D eigenvalue weighted by Crippen LogP contribution is -2.46. The molecule has 0 heterocycles. The molecule has 0 aromatic carbocycles. The minimum atomic E-state index is -4.35. The van der Waals surface area contributed by atoms with E-state index in [0.717, 1.165) is 44.9 Å². The first kappa shape index (κ1) is 50.6. The van der Waals surface area contributed by atoms with Crippen LogP contribution in [0.5, 0.6) is 0 Å². The number of aliphatic hydroxyl groups excluding tert-OH is 1. The number of amides is 1. The molecular weight excluding hydrogens is 667 g/mol. The Morgan fingerprint density at radius 3 is 1.21 bits per heavy atom. The van der Waals surface area contributed by atoms with Crippen LogP contribution in [0.1, 0.15) is 226 Å². The Balaban J connectivity index is 3.84. The summed E-state index contributed by atoms with van der Waals surface area (Å²) in [4.78, 5) is 12.5. The standard InChI is InChI=1S/C45H85NO5S/c1-3-5-7-9-11-13-15-17-19-20-21-22-23-24-25-26-27-29-31-33-35-37-39-41-45(48)46-43(42-52(49,50)51)44(47)40-38-36-34-32-30-28-18-16-14-12-10-8-6-4-2/h14,16,30,32,38,40,43-44,47H,3-13,15,17-29,31,33-37,39,41-42H2,1-2H3,(H,46,48)(H,49,50,51)/b16-14+,32-30+,40-38+. The Hall–Kier alpha value is -1.44. The van der Waals surface area contributed by atoms with E-state index in [1.165, 1.54) is 160 Å². The molecule has 0 radical (unpaired) electrons. The van der Waals surface area contributed by atoms with Crippen LogP contribution < -0.4 is 5.32 Å². The molecule has 0 fully saturated rings. The van der Waals surface area contributed by atoms with E-state index in [-0.39, 0.29) is 12.3 Å². The fourth-order valence-electron chi connectivity index (χ4n) is 6.72. The molecule has 0 aromatic heterocycles. The van der Waals surface area contributed by atoms with Crippen LogP contribution in [0.4, 0.5) is 0 Å². The second-order valence-corrected chi connectivity index (χ2v) is 16.8. The average molecular weight is 752 g/mol. The van der Waals surface area contributed by atoms with E-state index < -0.39 is 28.0 Å². The summed E-state index contributed by atoms with van der Waals surface area (Å²) in [7, 11) is -4.35. The summed E-state index contributed by atoms with van der Waals surface area (Å²) in [5.41, 5.74) is 0. The molecule has 0 rings (SSSR count). The molecule has 0 aliphatic heterocycles. The van der Waals surface area contributed by atoms with Gasteiger partial charge in [0.1, 0.15) is 0 Å². The number of allylic oxidation sites excluding steroid dienone is 5. The number of aliphatic hydroxyl groups is 1.